The molecule has 25 heavy (non-hydrogen) atoms. The molecule has 2 aromatic heterocycles. The number of amides is 1. The minimum absolute atomic E-state index is 0.146. The third kappa shape index (κ3) is 2.93. The Kier molecular flexibility index (Phi) is 4.63. The zero-order valence-electron chi connectivity index (χ0n) is 13.1. The van der Waals surface area contributed by atoms with E-state index in [-0.39, 0.29) is 18.0 Å². The third-order valence-corrected chi connectivity index (χ3v) is 3.94. The fraction of sp³-hybridized carbons (Fsp3) is 0.429. The van der Waals surface area contributed by atoms with Gasteiger partial charge >= 0.3 is 0 Å². The fourth-order valence-electron chi connectivity index (χ4n) is 2.66. The largest absolute Gasteiger partial charge is 0.387 e. The highest BCUT2D eigenvalue weighted by Crippen LogP contribution is 2.33. The van der Waals surface area contributed by atoms with Crippen molar-refractivity contribution >= 4 is 22.9 Å². The van der Waals surface area contributed by atoms with Gasteiger partial charge in [0.15, 0.2) is 23.8 Å². The van der Waals surface area contributed by atoms with Gasteiger partial charge in [-0.05, 0) is 0 Å². The number of aromatic nitrogens is 4. The van der Waals surface area contributed by atoms with Crippen molar-refractivity contribution in [2.45, 2.75) is 30.6 Å². The molecule has 0 aromatic carbocycles. The van der Waals surface area contributed by atoms with Gasteiger partial charge in [-0.1, -0.05) is 6.08 Å². The number of imidazole rings is 1. The summed E-state index contributed by atoms with van der Waals surface area (Å²) in [7, 11) is 0. The number of nitrogens with one attached hydrogen (secondary N) is 1. The third-order valence-electron chi connectivity index (χ3n) is 3.94. The van der Waals surface area contributed by atoms with Gasteiger partial charge < -0.3 is 31.1 Å². The molecule has 3 heterocycles. The number of hydrogen-bond acceptors (Lipinski definition) is 9. The van der Waals surface area contributed by atoms with E-state index in [1.165, 1.54) is 23.3 Å². The molecule has 5 atom stereocenters. The number of aliphatic hydroxyl groups is 3. The Balaban J connectivity index is 1.85. The Bertz CT molecular complexity index is 795. The molecule has 1 saturated heterocycles. The summed E-state index contributed by atoms with van der Waals surface area (Å²) >= 11 is 0. The molecule has 0 saturated carbocycles. The molecule has 2 aromatic rings. The zero-order chi connectivity index (χ0) is 18.1. The highest BCUT2D eigenvalue weighted by atomic mass is 16.6. The number of nitrogen functional groups attached to an aromatic ring is 1. The number of fused-ring (bicyclic) bond motifs is 1. The van der Waals surface area contributed by atoms with Crippen LogP contribution in [-0.2, 0) is 9.53 Å². The minimum Gasteiger partial charge on any atom is -0.387 e. The zero-order valence-corrected chi connectivity index (χ0v) is 13.1. The normalized spacial score (nSPS) is 27.3. The molecule has 1 amide bonds. The van der Waals surface area contributed by atoms with Crippen LogP contribution >= 0.6 is 0 Å². The highest BCUT2D eigenvalue weighted by Gasteiger charge is 2.49. The summed E-state index contributed by atoms with van der Waals surface area (Å²) in [5.74, 6) is -0.601. The fourth-order valence-corrected chi connectivity index (χ4v) is 2.66. The molecule has 0 radical (unpaired) electrons. The van der Waals surface area contributed by atoms with Gasteiger partial charge in [0.2, 0.25) is 0 Å². The van der Waals surface area contributed by atoms with Gasteiger partial charge in [0.1, 0.15) is 30.2 Å². The monoisotopic (exact) mass is 350 g/mol. The van der Waals surface area contributed by atoms with Gasteiger partial charge in [-0.25, -0.2) is 15.0 Å². The molecule has 0 bridgehead atoms. The number of ether oxygens (including phenoxy) is 1. The van der Waals surface area contributed by atoms with E-state index in [1.54, 1.807) is 0 Å². The van der Waals surface area contributed by atoms with E-state index in [9.17, 15) is 20.1 Å². The molecule has 1 aliphatic heterocycles. The minimum atomic E-state index is -1.68. The molecule has 3 unspecified atom stereocenters. The van der Waals surface area contributed by atoms with Crippen LogP contribution in [0, 0.1) is 0 Å². The summed E-state index contributed by atoms with van der Waals surface area (Å²) in [5.41, 5.74) is 6.30. The predicted molar refractivity (Wildman–Crippen MR) is 84.9 cm³/mol. The lowest BCUT2D eigenvalue weighted by Crippen LogP contribution is -2.47. The number of anilines is 1. The van der Waals surface area contributed by atoms with E-state index < -0.39 is 36.6 Å². The Labute approximate surface area is 141 Å². The molecule has 3 rings (SSSR count). The van der Waals surface area contributed by atoms with Crippen molar-refractivity contribution in [1.82, 2.24) is 24.8 Å². The molecule has 11 heteroatoms. The van der Waals surface area contributed by atoms with Crippen LogP contribution in [-0.4, -0.2) is 71.7 Å². The van der Waals surface area contributed by atoms with Crippen LogP contribution < -0.4 is 11.1 Å². The average Bonchev–Trinajstić information content (AvgIpc) is 3.15. The number of hydrogen-bond donors (Lipinski definition) is 5. The van der Waals surface area contributed by atoms with Crippen molar-refractivity contribution in [3.05, 3.63) is 25.3 Å². The van der Waals surface area contributed by atoms with Crippen LogP contribution in [0.15, 0.2) is 25.3 Å². The molecule has 0 spiro atoms. The summed E-state index contributed by atoms with van der Waals surface area (Å²) in [6.07, 6.45) is -3.04. The first kappa shape index (κ1) is 17.2. The molecular formula is C14H18N6O5. The lowest BCUT2D eigenvalue weighted by molar-refractivity contribution is -0.143. The van der Waals surface area contributed by atoms with E-state index in [0.717, 1.165) is 0 Å². The van der Waals surface area contributed by atoms with Gasteiger partial charge in [0.25, 0.3) is 5.91 Å². The van der Waals surface area contributed by atoms with Gasteiger partial charge in [-0.2, -0.15) is 0 Å². The second kappa shape index (κ2) is 6.72. The molecule has 1 aliphatic rings. The van der Waals surface area contributed by atoms with Crippen molar-refractivity contribution < 1.29 is 24.9 Å². The number of carbonyl (C=O) groups excluding carboxylic acids is 1. The van der Waals surface area contributed by atoms with E-state index in [0.29, 0.717) is 5.52 Å². The van der Waals surface area contributed by atoms with Crippen LogP contribution in [0.25, 0.3) is 11.2 Å². The van der Waals surface area contributed by atoms with Crippen molar-refractivity contribution in [1.29, 1.82) is 0 Å². The van der Waals surface area contributed by atoms with Crippen molar-refractivity contribution in [3.8, 4) is 0 Å². The average molecular weight is 350 g/mol. The molecule has 134 valence electrons. The molecular weight excluding hydrogens is 332 g/mol. The summed E-state index contributed by atoms with van der Waals surface area (Å²) in [6.45, 7) is 3.59. The maximum Gasteiger partial charge on any atom is 0.251 e. The van der Waals surface area contributed by atoms with E-state index in [4.69, 9.17) is 10.5 Å². The molecule has 0 aliphatic carbocycles. The highest BCUT2D eigenvalue weighted by molar-refractivity contribution is 5.82. The molecule has 1 fully saturated rings. The first-order valence-corrected chi connectivity index (χ1v) is 7.47. The maximum absolute atomic E-state index is 11.9. The molecule has 6 N–H and O–H groups in total. The Morgan fingerprint density at radius 2 is 2.20 bits per heavy atom. The van der Waals surface area contributed by atoms with Crippen LogP contribution in [0.2, 0.25) is 0 Å². The second-order valence-corrected chi connectivity index (χ2v) is 5.53. The van der Waals surface area contributed by atoms with Gasteiger partial charge in [-0.3, -0.25) is 9.36 Å². The van der Waals surface area contributed by atoms with Crippen LogP contribution in [0.1, 0.15) is 6.23 Å². The predicted octanol–water partition coefficient (Wildman–Crippen LogP) is -2.31. The lowest BCUT2D eigenvalue weighted by atomic mass is 10.1. The van der Waals surface area contributed by atoms with Crippen LogP contribution in [0.4, 0.5) is 5.82 Å². The van der Waals surface area contributed by atoms with E-state index in [1.807, 2.05) is 0 Å². The summed E-state index contributed by atoms with van der Waals surface area (Å²) < 4.78 is 6.88. The van der Waals surface area contributed by atoms with Crippen LogP contribution in [0.3, 0.4) is 0 Å². The second-order valence-electron chi connectivity index (χ2n) is 5.53. The topological polar surface area (TPSA) is 169 Å². The van der Waals surface area contributed by atoms with Crippen molar-refractivity contribution in [2.24, 2.45) is 0 Å². The maximum atomic E-state index is 11.9. The molecule has 11 nitrogen and oxygen atoms in total. The van der Waals surface area contributed by atoms with E-state index >= 15 is 0 Å². The standard InChI is InChI=1S/C14H18N6O5/c1-2-3-16-13(24)9(23)10-7(21)8(22)14(25-10)20-5-19-6-11(15)17-4-18-12(6)20/h2,4-5,7-10,14,21-23H,1,3H2,(H,16,24)(H2,15,17,18)/t7?,8?,9?,10-,14+/m0/s1. The van der Waals surface area contributed by atoms with Gasteiger partial charge in [0, 0.05) is 6.54 Å². The number of nitrogens with zero attached hydrogens (tertiary/aromatic N) is 4. The van der Waals surface area contributed by atoms with Gasteiger partial charge in [0.05, 0.1) is 6.33 Å². The van der Waals surface area contributed by atoms with Crippen LogP contribution in [0.5, 0.6) is 0 Å². The Morgan fingerprint density at radius 3 is 2.92 bits per heavy atom. The summed E-state index contributed by atoms with van der Waals surface area (Å²) in [4.78, 5) is 23.8. The Hall–Kier alpha value is -2.60. The lowest BCUT2D eigenvalue weighted by Gasteiger charge is -2.20. The number of rotatable bonds is 5. The smallest absolute Gasteiger partial charge is 0.251 e. The number of carbonyl (C=O) groups is 1. The van der Waals surface area contributed by atoms with Crippen molar-refractivity contribution in [3.63, 3.8) is 0 Å². The first-order chi connectivity index (χ1) is 12.0. The number of aliphatic hydroxyl groups excluding tert-OH is 3. The summed E-state index contributed by atoms with van der Waals surface area (Å²) in [6, 6.07) is 0. The van der Waals surface area contributed by atoms with Gasteiger partial charge in [-0.15, -0.1) is 6.58 Å². The quantitative estimate of drug-likeness (QED) is 0.372. The van der Waals surface area contributed by atoms with E-state index in [2.05, 4.69) is 26.8 Å². The Morgan fingerprint density at radius 1 is 1.44 bits per heavy atom. The first-order valence-electron chi connectivity index (χ1n) is 7.47. The van der Waals surface area contributed by atoms with Crippen molar-refractivity contribution in [2.75, 3.05) is 12.3 Å². The number of nitrogens with two attached hydrogens (primary N) is 1. The SMILES string of the molecule is C=CCNC(=O)C(O)[C@H]1O[C@@H](n2cnc3c(N)ncnc32)C(O)C1O. The summed E-state index contributed by atoms with van der Waals surface area (Å²) in [5, 5.41) is 32.9.